The van der Waals surface area contributed by atoms with Crippen LogP contribution < -0.4 is 4.74 Å². The summed E-state index contributed by atoms with van der Waals surface area (Å²) in [5, 5.41) is 0.178. The molecule has 4 nitrogen and oxygen atoms in total. The lowest BCUT2D eigenvalue weighted by Gasteiger charge is -2.36. The maximum Gasteiger partial charge on any atom is 0.333 e. The lowest BCUT2D eigenvalue weighted by Crippen LogP contribution is -2.40. The van der Waals surface area contributed by atoms with Gasteiger partial charge in [-0.2, -0.15) is 0 Å². The standard InChI is InChI=1S/C18H27IO4Si/c1-7-21-17(20)10-11-22-16-12-14(8-9-15(16)19)13-23-24(5,6)18(2,3)4/h8-12H,7,13H2,1-6H3. The topological polar surface area (TPSA) is 44.8 Å². The van der Waals surface area contributed by atoms with Gasteiger partial charge in [0.15, 0.2) is 8.32 Å². The van der Waals surface area contributed by atoms with E-state index in [0.29, 0.717) is 19.0 Å². The lowest BCUT2D eigenvalue weighted by molar-refractivity contribution is -0.137. The molecule has 0 aliphatic carbocycles. The van der Waals surface area contributed by atoms with Crippen LogP contribution in [0.1, 0.15) is 33.3 Å². The van der Waals surface area contributed by atoms with E-state index in [2.05, 4.69) is 56.5 Å². The van der Waals surface area contributed by atoms with E-state index in [9.17, 15) is 4.79 Å². The molecule has 24 heavy (non-hydrogen) atoms. The van der Waals surface area contributed by atoms with E-state index >= 15 is 0 Å². The first-order chi connectivity index (χ1) is 11.1. The lowest BCUT2D eigenvalue weighted by atomic mass is 10.2. The first kappa shape index (κ1) is 21.2. The Morgan fingerprint density at radius 1 is 1.29 bits per heavy atom. The smallest absolute Gasteiger partial charge is 0.333 e. The summed E-state index contributed by atoms with van der Waals surface area (Å²) in [6.07, 6.45) is 2.63. The van der Waals surface area contributed by atoms with Crippen LogP contribution in [0.5, 0.6) is 5.75 Å². The molecule has 0 saturated heterocycles. The fourth-order valence-electron chi connectivity index (χ4n) is 1.56. The van der Waals surface area contributed by atoms with Crippen molar-refractivity contribution in [1.82, 2.24) is 0 Å². The summed E-state index contributed by atoms with van der Waals surface area (Å²) in [7, 11) is -1.79. The highest BCUT2D eigenvalue weighted by atomic mass is 127. The van der Waals surface area contributed by atoms with Gasteiger partial charge in [0, 0.05) is 0 Å². The average Bonchev–Trinajstić information content (AvgIpc) is 2.47. The van der Waals surface area contributed by atoms with Crippen LogP contribution >= 0.6 is 22.6 Å². The van der Waals surface area contributed by atoms with E-state index in [1.165, 1.54) is 12.3 Å². The van der Waals surface area contributed by atoms with Crippen LogP contribution in [0.2, 0.25) is 18.1 Å². The zero-order valence-electron chi connectivity index (χ0n) is 15.3. The van der Waals surface area contributed by atoms with Gasteiger partial charge in [-0.3, -0.25) is 0 Å². The fraction of sp³-hybridized carbons (Fsp3) is 0.500. The summed E-state index contributed by atoms with van der Waals surface area (Å²) < 4.78 is 17.6. The van der Waals surface area contributed by atoms with E-state index < -0.39 is 14.3 Å². The average molecular weight is 462 g/mol. The number of carbonyl (C=O) groups excluding carboxylic acids is 1. The van der Waals surface area contributed by atoms with Gasteiger partial charge in [0.25, 0.3) is 0 Å². The number of esters is 1. The monoisotopic (exact) mass is 462 g/mol. The van der Waals surface area contributed by atoms with Crippen molar-refractivity contribution >= 4 is 36.9 Å². The molecule has 0 N–H and O–H groups in total. The van der Waals surface area contributed by atoms with Crippen molar-refractivity contribution in [3.8, 4) is 5.75 Å². The molecule has 1 aromatic rings. The molecule has 0 amide bonds. The van der Waals surface area contributed by atoms with E-state index in [4.69, 9.17) is 13.9 Å². The molecule has 0 aliphatic rings. The Bertz CT molecular complexity index is 591. The van der Waals surface area contributed by atoms with Gasteiger partial charge in [-0.1, -0.05) is 26.8 Å². The number of rotatable bonds is 7. The second-order valence-corrected chi connectivity index (χ2v) is 13.0. The van der Waals surface area contributed by atoms with E-state index in [1.807, 2.05) is 18.2 Å². The molecule has 0 spiro atoms. The maximum absolute atomic E-state index is 11.3. The SMILES string of the molecule is CCOC(=O)C=COc1cc(CO[Si](C)(C)C(C)(C)C)ccc1I. The fourth-order valence-corrected chi connectivity index (χ4v) is 2.98. The molecule has 1 rings (SSSR count). The molecule has 134 valence electrons. The zero-order chi connectivity index (χ0) is 18.4. The van der Waals surface area contributed by atoms with Crippen LogP contribution in [0.25, 0.3) is 0 Å². The van der Waals surface area contributed by atoms with Crippen LogP contribution in [-0.2, 0) is 20.6 Å². The largest absolute Gasteiger partial charge is 0.464 e. The van der Waals surface area contributed by atoms with Gasteiger partial charge in [-0.15, -0.1) is 0 Å². The van der Waals surface area contributed by atoms with Crippen molar-refractivity contribution in [2.75, 3.05) is 6.61 Å². The number of benzene rings is 1. The molecule has 6 heteroatoms. The highest BCUT2D eigenvalue weighted by Crippen LogP contribution is 2.37. The Hall–Kier alpha value is -0.863. The van der Waals surface area contributed by atoms with Gasteiger partial charge in [0.1, 0.15) is 5.75 Å². The first-order valence-electron chi connectivity index (χ1n) is 7.99. The summed E-state index contributed by atoms with van der Waals surface area (Å²) in [6, 6.07) is 5.97. The predicted molar refractivity (Wildman–Crippen MR) is 108 cm³/mol. The molecule has 0 saturated carbocycles. The molecule has 0 aromatic heterocycles. The van der Waals surface area contributed by atoms with Gasteiger partial charge in [0.05, 0.1) is 29.1 Å². The molecule has 0 heterocycles. The molecule has 0 atom stereocenters. The molecular weight excluding hydrogens is 435 g/mol. The van der Waals surface area contributed by atoms with Gasteiger partial charge in [-0.05, 0) is 65.3 Å². The van der Waals surface area contributed by atoms with Crippen LogP contribution in [0.4, 0.5) is 0 Å². The number of hydrogen-bond acceptors (Lipinski definition) is 4. The Morgan fingerprint density at radius 2 is 1.96 bits per heavy atom. The second kappa shape index (κ2) is 9.01. The Labute approximate surface area is 159 Å². The first-order valence-corrected chi connectivity index (χ1v) is 12.0. The Morgan fingerprint density at radius 3 is 2.54 bits per heavy atom. The third-order valence-corrected chi connectivity index (χ3v) is 9.46. The minimum absolute atomic E-state index is 0.178. The number of ether oxygens (including phenoxy) is 2. The maximum atomic E-state index is 11.3. The molecular formula is C18H27IO4Si. The zero-order valence-corrected chi connectivity index (χ0v) is 18.5. The normalized spacial score (nSPS) is 12.5. The third-order valence-electron chi connectivity index (χ3n) is 4.09. The third kappa shape index (κ3) is 6.56. The molecule has 1 aromatic carbocycles. The summed E-state index contributed by atoms with van der Waals surface area (Å²) in [5.74, 6) is 0.289. The van der Waals surface area contributed by atoms with Crippen molar-refractivity contribution in [2.45, 2.75) is 52.4 Å². The van der Waals surface area contributed by atoms with E-state index in [1.54, 1.807) is 6.92 Å². The van der Waals surface area contributed by atoms with Crippen LogP contribution in [-0.4, -0.2) is 20.9 Å². The summed E-state index contributed by atoms with van der Waals surface area (Å²) >= 11 is 2.20. The van der Waals surface area contributed by atoms with Crippen LogP contribution in [0.15, 0.2) is 30.5 Å². The molecule has 0 unspecified atom stereocenters. The van der Waals surface area contributed by atoms with Gasteiger partial charge < -0.3 is 13.9 Å². The van der Waals surface area contributed by atoms with Crippen LogP contribution in [0.3, 0.4) is 0 Å². The highest BCUT2D eigenvalue weighted by molar-refractivity contribution is 14.1. The molecule has 0 fully saturated rings. The summed E-state index contributed by atoms with van der Waals surface area (Å²) in [6.45, 7) is 13.8. The van der Waals surface area contributed by atoms with Crippen molar-refractivity contribution in [3.63, 3.8) is 0 Å². The van der Waals surface area contributed by atoms with Crippen molar-refractivity contribution < 1.29 is 18.7 Å². The van der Waals surface area contributed by atoms with Gasteiger partial charge in [0.2, 0.25) is 0 Å². The summed E-state index contributed by atoms with van der Waals surface area (Å²) in [5.41, 5.74) is 1.06. The predicted octanol–water partition coefficient (Wildman–Crippen LogP) is 5.27. The number of halogens is 1. The number of hydrogen-bond donors (Lipinski definition) is 0. The van der Waals surface area contributed by atoms with Crippen molar-refractivity contribution in [3.05, 3.63) is 39.7 Å². The quantitative estimate of drug-likeness (QED) is 0.182. The van der Waals surface area contributed by atoms with Crippen LogP contribution in [0, 0.1) is 3.57 Å². The molecule has 0 bridgehead atoms. The van der Waals surface area contributed by atoms with E-state index in [0.717, 1.165) is 9.13 Å². The van der Waals surface area contributed by atoms with Gasteiger partial charge in [-0.25, -0.2) is 4.79 Å². The summed E-state index contributed by atoms with van der Waals surface area (Å²) in [4.78, 5) is 11.3. The minimum Gasteiger partial charge on any atom is -0.464 e. The van der Waals surface area contributed by atoms with Crippen molar-refractivity contribution in [1.29, 1.82) is 0 Å². The molecule has 0 radical (unpaired) electrons. The Kier molecular flexibility index (Phi) is 7.95. The highest BCUT2D eigenvalue weighted by Gasteiger charge is 2.37. The Balaban J connectivity index is 2.74. The van der Waals surface area contributed by atoms with E-state index in [-0.39, 0.29) is 5.04 Å². The second-order valence-electron chi connectivity index (χ2n) is 6.99. The molecule has 0 aliphatic heterocycles. The minimum atomic E-state index is -1.79. The number of carbonyl (C=O) groups is 1. The van der Waals surface area contributed by atoms with Gasteiger partial charge >= 0.3 is 5.97 Å². The van der Waals surface area contributed by atoms with Crippen molar-refractivity contribution in [2.24, 2.45) is 0 Å².